The van der Waals surface area contributed by atoms with Crippen molar-refractivity contribution in [2.24, 2.45) is 0 Å². The standard InChI is InChI=1S/C9H7ClOS2/c10-9-6(3-5-13-9)8(11)7-2-1-4-12-7/h1-5,8,11H. The lowest BCUT2D eigenvalue weighted by molar-refractivity contribution is 0.225. The lowest BCUT2D eigenvalue weighted by Gasteiger charge is -2.06. The second kappa shape index (κ2) is 3.80. The van der Waals surface area contributed by atoms with Crippen LogP contribution in [0.1, 0.15) is 16.5 Å². The number of hydrogen-bond acceptors (Lipinski definition) is 3. The van der Waals surface area contributed by atoms with Crippen LogP contribution in [0.15, 0.2) is 29.0 Å². The molecule has 0 aromatic carbocycles. The minimum atomic E-state index is -0.571. The molecule has 0 bridgehead atoms. The normalized spacial score (nSPS) is 13.1. The first-order valence-corrected chi connectivity index (χ1v) is 5.87. The van der Waals surface area contributed by atoms with E-state index in [0.717, 1.165) is 10.4 Å². The predicted octanol–water partition coefficient (Wildman–Crippen LogP) is 3.54. The number of aliphatic hydroxyl groups excluding tert-OH is 1. The molecule has 1 nitrogen and oxygen atoms in total. The average Bonchev–Trinajstić information content (AvgIpc) is 2.72. The minimum Gasteiger partial charge on any atom is -0.383 e. The van der Waals surface area contributed by atoms with E-state index in [4.69, 9.17) is 11.6 Å². The highest BCUT2D eigenvalue weighted by atomic mass is 35.5. The average molecular weight is 231 g/mol. The van der Waals surface area contributed by atoms with E-state index in [1.54, 1.807) is 0 Å². The van der Waals surface area contributed by atoms with Crippen molar-refractivity contribution in [2.75, 3.05) is 0 Å². The summed E-state index contributed by atoms with van der Waals surface area (Å²) in [5.74, 6) is 0. The van der Waals surface area contributed by atoms with Crippen LogP contribution in [-0.2, 0) is 0 Å². The van der Waals surface area contributed by atoms with Gasteiger partial charge in [-0.1, -0.05) is 17.7 Å². The summed E-state index contributed by atoms with van der Waals surface area (Å²) in [6, 6.07) is 5.68. The minimum absolute atomic E-state index is 0.571. The number of hydrogen-bond donors (Lipinski definition) is 1. The van der Waals surface area contributed by atoms with Crippen LogP contribution >= 0.6 is 34.3 Å². The monoisotopic (exact) mass is 230 g/mol. The fourth-order valence-electron chi connectivity index (χ4n) is 1.10. The van der Waals surface area contributed by atoms with Crippen LogP contribution in [0.3, 0.4) is 0 Å². The van der Waals surface area contributed by atoms with Crippen molar-refractivity contribution < 1.29 is 5.11 Å². The quantitative estimate of drug-likeness (QED) is 0.837. The molecule has 13 heavy (non-hydrogen) atoms. The molecular formula is C9H7ClOS2. The van der Waals surface area contributed by atoms with Crippen LogP contribution in [-0.4, -0.2) is 5.11 Å². The topological polar surface area (TPSA) is 20.2 Å². The Morgan fingerprint density at radius 2 is 2.08 bits per heavy atom. The molecule has 0 amide bonds. The predicted molar refractivity (Wildman–Crippen MR) is 57.7 cm³/mol. The Hall–Kier alpha value is -0.350. The molecule has 2 aromatic rings. The van der Waals surface area contributed by atoms with Crippen molar-refractivity contribution in [3.05, 3.63) is 43.7 Å². The summed E-state index contributed by atoms with van der Waals surface area (Å²) in [4.78, 5) is 0.931. The summed E-state index contributed by atoms with van der Waals surface area (Å²) >= 11 is 8.89. The Bertz CT molecular complexity index is 380. The van der Waals surface area contributed by atoms with Crippen molar-refractivity contribution >= 4 is 34.3 Å². The van der Waals surface area contributed by atoms with E-state index in [2.05, 4.69) is 0 Å². The zero-order valence-electron chi connectivity index (χ0n) is 6.61. The van der Waals surface area contributed by atoms with Crippen molar-refractivity contribution in [1.29, 1.82) is 0 Å². The molecule has 0 aliphatic carbocycles. The molecule has 2 rings (SSSR count). The highest BCUT2D eigenvalue weighted by Gasteiger charge is 2.15. The molecular weight excluding hydrogens is 224 g/mol. The zero-order valence-corrected chi connectivity index (χ0v) is 8.99. The number of halogens is 1. The number of rotatable bonds is 2. The molecule has 0 saturated carbocycles. The van der Waals surface area contributed by atoms with Crippen molar-refractivity contribution in [3.63, 3.8) is 0 Å². The Labute approximate surface area is 89.2 Å². The van der Waals surface area contributed by atoms with Gasteiger partial charge >= 0.3 is 0 Å². The number of thiophene rings is 2. The molecule has 4 heteroatoms. The lowest BCUT2D eigenvalue weighted by atomic mass is 10.2. The lowest BCUT2D eigenvalue weighted by Crippen LogP contribution is -1.94. The molecule has 0 saturated heterocycles. The van der Waals surface area contributed by atoms with E-state index in [1.165, 1.54) is 22.7 Å². The van der Waals surface area contributed by atoms with Crippen LogP contribution in [0.2, 0.25) is 4.34 Å². The fraction of sp³-hybridized carbons (Fsp3) is 0.111. The summed E-state index contributed by atoms with van der Waals surface area (Å²) in [5, 5.41) is 13.7. The van der Waals surface area contributed by atoms with Gasteiger partial charge in [0.1, 0.15) is 6.10 Å². The Kier molecular flexibility index (Phi) is 2.69. The zero-order chi connectivity index (χ0) is 9.26. The van der Waals surface area contributed by atoms with E-state index < -0.39 is 6.10 Å². The maximum absolute atomic E-state index is 9.88. The second-order valence-corrected chi connectivity index (χ2v) is 5.07. The largest absolute Gasteiger partial charge is 0.383 e. The first kappa shape index (κ1) is 9.21. The van der Waals surface area contributed by atoms with E-state index in [9.17, 15) is 5.11 Å². The van der Waals surface area contributed by atoms with Gasteiger partial charge in [0.05, 0.1) is 4.34 Å². The molecule has 1 atom stereocenters. The third-order valence-corrected chi connectivity index (χ3v) is 3.88. The van der Waals surface area contributed by atoms with Gasteiger partial charge in [-0.05, 0) is 22.9 Å². The van der Waals surface area contributed by atoms with Crippen molar-refractivity contribution in [2.45, 2.75) is 6.10 Å². The third-order valence-electron chi connectivity index (χ3n) is 1.75. The van der Waals surface area contributed by atoms with Gasteiger partial charge < -0.3 is 5.11 Å². The van der Waals surface area contributed by atoms with Gasteiger partial charge in [0.2, 0.25) is 0 Å². The number of aliphatic hydroxyl groups is 1. The summed E-state index contributed by atoms with van der Waals surface area (Å²) in [6.45, 7) is 0. The maximum Gasteiger partial charge on any atom is 0.115 e. The second-order valence-electron chi connectivity index (χ2n) is 2.57. The first-order chi connectivity index (χ1) is 6.29. The maximum atomic E-state index is 9.88. The van der Waals surface area contributed by atoms with Gasteiger partial charge in [0.25, 0.3) is 0 Å². The summed E-state index contributed by atoms with van der Waals surface area (Å²) in [7, 11) is 0. The molecule has 68 valence electrons. The first-order valence-electron chi connectivity index (χ1n) is 3.73. The van der Waals surface area contributed by atoms with E-state index in [1.807, 2.05) is 29.0 Å². The molecule has 2 aromatic heterocycles. The van der Waals surface area contributed by atoms with Crippen molar-refractivity contribution in [1.82, 2.24) is 0 Å². The smallest absolute Gasteiger partial charge is 0.115 e. The van der Waals surface area contributed by atoms with E-state index >= 15 is 0 Å². The van der Waals surface area contributed by atoms with Gasteiger partial charge in [-0.15, -0.1) is 22.7 Å². The Morgan fingerprint density at radius 3 is 2.62 bits per heavy atom. The molecule has 1 N–H and O–H groups in total. The molecule has 0 aliphatic rings. The Morgan fingerprint density at radius 1 is 1.23 bits per heavy atom. The molecule has 1 unspecified atom stereocenters. The molecule has 0 aliphatic heterocycles. The van der Waals surface area contributed by atoms with Gasteiger partial charge in [-0.25, -0.2) is 0 Å². The van der Waals surface area contributed by atoms with Crippen LogP contribution in [0.5, 0.6) is 0 Å². The molecule has 0 radical (unpaired) electrons. The summed E-state index contributed by atoms with van der Waals surface area (Å²) in [6.07, 6.45) is -0.571. The molecule has 0 spiro atoms. The van der Waals surface area contributed by atoms with Crippen LogP contribution in [0.4, 0.5) is 0 Å². The highest BCUT2D eigenvalue weighted by Crippen LogP contribution is 2.33. The van der Waals surface area contributed by atoms with E-state index in [0.29, 0.717) is 4.34 Å². The summed E-state index contributed by atoms with van der Waals surface area (Å²) < 4.78 is 0.668. The SMILES string of the molecule is OC(c1cccs1)c1ccsc1Cl. The van der Waals surface area contributed by atoms with Crippen LogP contribution < -0.4 is 0 Å². The molecule has 0 fully saturated rings. The van der Waals surface area contributed by atoms with Crippen LogP contribution in [0.25, 0.3) is 0 Å². The van der Waals surface area contributed by atoms with Gasteiger partial charge in [0, 0.05) is 10.4 Å². The fourth-order valence-corrected chi connectivity index (χ4v) is 2.80. The van der Waals surface area contributed by atoms with E-state index in [-0.39, 0.29) is 0 Å². The van der Waals surface area contributed by atoms with Crippen LogP contribution in [0, 0.1) is 0 Å². The van der Waals surface area contributed by atoms with Gasteiger partial charge in [0.15, 0.2) is 0 Å². The highest BCUT2D eigenvalue weighted by molar-refractivity contribution is 7.14. The van der Waals surface area contributed by atoms with Gasteiger partial charge in [-0.2, -0.15) is 0 Å². The Balaban J connectivity index is 2.33. The third kappa shape index (κ3) is 1.79. The summed E-state index contributed by atoms with van der Waals surface area (Å²) in [5.41, 5.74) is 0.800. The molecule has 2 heterocycles. The van der Waals surface area contributed by atoms with Crippen molar-refractivity contribution in [3.8, 4) is 0 Å². The van der Waals surface area contributed by atoms with Gasteiger partial charge in [-0.3, -0.25) is 0 Å².